The van der Waals surface area contributed by atoms with Crippen LogP contribution in [0.4, 0.5) is 0 Å². The van der Waals surface area contributed by atoms with E-state index in [1.165, 1.54) is 6.42 Å². The van der Waals surface area contributed by atoms with Crippen LogP contribution in [0, 0.1) is 0 Å². The highest BCUT2D eigenvalue weighted by molar-refractivity contribution is 9.10. The summed E-state index contributed by atoms with van der Waals surface area (Å²) < 4.78 is 18.0. The molecule has 6 nitrogen and oxygen atoms in total. The average Bonchev–Trinajstić information content (AvgIpc) is 3.19. The lowest BCUT2D eigenvalue weighted by atomic mass is 10.1. The predicted octanol–water partition coefficient (Wildman–Crippen LogP) is 3.11. The molecule has 7 heteroatoms. The second kappa shape index (κ2) is 10.5. The van der Waals surface area contributed by atoms with Crippen LogP contribution in [0.1, 0.15) is 32.3 Å². The van der Waals surface area contributed by atoms with Crippen LogP contribution in [0.2, 0.25) is 0 Å². The van der Waals surface area contributed by atoms with E-state index in [-0.39, 0.29) is 5.91 Å². The number of rotatable bonds is 8. The van der Waals surface area contributed by atoms with Crippen LogP contribution in [-0.2, 0) is 16.0 Å². The number of carbonyl (C=O) groups is 1. The average molecular weight is 455 g/mol. The molecule has 2 fully saturated rings. The summed E-state index contributed by atoms with van der Waals surface area (Å²) in [7, 11) is 0. The monoisotopic (exact) mass is 454 g/mol. The Hall–Kier alpha value is -1.31. The zero-order valence-corrected chi connectivity index (χ0v) is 18.5. The molecular weight excluding hydrogens is 424 g/mol. The zero-order chi connectivity index (χ0) is 19.9. The van der Waals surface area contributed by atoms with Crippen molar-refractivity contribution in [1.29, 1.82) is 0 Å². The standard InChI is InChI=1S/C21H31BrN2O4/c1-3-26-19-12-16(18(22)14-20(19)27-4-2)13-21(25)24-9-7-23(8-10-24)15-17-6-5-11-28-17/h12,14,17H,3-11,13,15H2,1-2H3. The molecule has 0 aromatic heterocycles. The molecule has 0 spiro atoms. The predicted molar refractivity (Wildman–Crippen MR) is 112 cm³/mol. The van der Waals surface area contributed by atoms with Gasteiger partial charge in [-0.15, -0.1) is 0 Å². The molecule has 2 heterocycles. The van der Waals surface area contributed by atoms with Crippen molar-refractivity contribution in [3.8, 4) is 11.5 Å². The highest BCUT2D eigenvalue weighted by Gasteiger charge is 2.25. The molecular formula is C21H31BrN2O4. The van der Waals surface area contributed by atoms with Gasteiger partial charge in [0.2, 0.25) is 5.91 Å². The molecule has 1 aromatic carbocycles. The summed E-state index contributed by atoms with van der Waals surface area (Å²) in [5, 5.41) is 0. The van der Waals surface area contributed by atoms with Gasteiger partial charge in [0.25, 0.3) is 0 Å². The van der Waals surface area contributed by atoms with Crippen LogP contribution >= 0.6 is 15.9 Å². The number of nitrogens with zero attached hydrogens (tertiary/aromatic N) is 2. The summed E-state index contributed by atoms with van der Waals surface area (Å²) in [5.74, 6) is 1.55. The summed E-state index contributed by atoms with van der Waals surface area (Å²) >= 11 is 3.58. The lowest BCUT2D eigenvalue weighted by Crippen LogP contribution is -2.50. The van der Waals surface area contributed by atoms with Crippen LogP contribution in [0.15, 0.2) is 16.6 Å². The number of piperazine rings is 1. The fourth-order valence-corrected chi connectivity index (χ4v) is 4.24. The molecule has 1 unspecified atom stereocenters. The maximum Gasteiger partial charge on any atom is 0.227 e. The van der Waals surface area contributed by atoms with Crippen LogP contribution in [0.3, 0.4) is 0 Å². The van der Waals surface area contributed by atoms with Gasteiger partial charge >= 0.3 is 0 Å². The van der Waals surface area contributed by atoms with Gasteiger partial charge in [-0.1, -0.05) is 15.9 Å². The summed E-state index contributed by atoms with van der Waals surface area (Å²) in [6.07, 6.45) is 3.06. The molecule has 0 aliphatic carbocycles. The molecule has 0 radical (unpaired) electrons. The van der Waals surface area contributed by atoms with E-state index in [4.69, 9.17) is 14.2 Å². The Morgan fingerprint density at radius 2 is 1.82 bits per heavy atom. The Bertz CT molecular complexity index is 656. The van der Waals surface area contributed by atoms with Gasteiger partial charge in [-0.2, -0.15) is 0 Å². The quantitative estimate of drug-likeness (QED) is 0.603. The fraction of sp³-hybridized carbons (Fsp3) is 0.667. The Morgan fingerprint density at radius 1 is 1.14 bits per heavy atom. The summed E-state index contributed by atoms with van der Waals surface area (Å²) in [5.41, 5.74) is 0.929. The highest BCUT2D eigenvalue weighted by atomic mass is 79.9. The van der Waals surface area contributed by atoms with Crippen molar-refractivity contribution >= 4 is 21.8 Å². The van der Waals surface area contributed by atoms with Crippen molar-refractivity contribution in [3.63, 3.8) is 0 Å². The zero-order valence-electron chi connectivity index (χ0n) is 16.9. The number of ether oxygens (including phenoxy) is 3. The Labute approximate surface area is 176 Å². The van der Waals surface area contributed by atoms with Crippen molar-refractivity contribution in [3.05, 3.63) is 22.2 Å². The largest absolute Gasteiger partial charge is 0.490 e. The van der Waals surface area contributed by atoms with Gasteiger partial charge < -0.3 is 19.1 Å². The Balaban J connectivity index is 1.56. The van der Waals surface area contributed by atoms with E-state index in [0.717, 1.165) is 55.8 Å². The first-order valence-electron chi connectivity index (χ1n) is 10.3. The molecule has 156 valence electrons. The molecule has 3 rings (SSSR count). The van der Waals surface area contributed by atoms with Crippen LogP contribution in [0.5, 0.6) is 11.5 Å². The van der Waals surface area contributed by atoms with E-state index in [0.29, 0.717) is 37.2 Å². The summed E-state index contributed by atoms with van der Waals surface area (Å²) in [4.78, 5) is 17.2. The van der Waals surface area contributed by atoms with Crippen LogP contribution in [0.25, 0.3) is 0 Å². The topological polar surface area (TPSA) is 51.2 Å². The molecule has 1 aromatic rings. The minimum atomic E-state index is 0.157. The van der Waals surface area contributed by atoms with Gasteiger partial charge in [0.15, 0.2) is 11.5 Å². The Morgan fingerprint density at radius 3 is 2.43 bits per heavy atom. The molecule has 0 bridgehead atoms. The van der Waals surface area contributed by atoms with Gasteiger partial charge in [-0.05, 0) is 44.4 Å². The van der Waals surface area contributed by atoms with Gasteiger partial charge in [-0.3, -0.25) is 9.69 Å². The lowest BCUT2D eigenvalue weighted by molar-refractivity contribution is -0.132. The van der Waals surface area contributed by atoms with E-state index >= 15 is 0 Å². The minimum absolute atomic E-state index is 0.157. The smallest absolute Gasteiger partial charge is 0.227 e. The highest BCUT2D eigenvalue weighted by Crippen LogP contribution is 2.34. The maximum absolute atomic E-state index is 12.8. The van der Waals surface area contributed by atoms with E-state index in [1.807, 2.05) is 30.9 Å². The van der Waals surface area contributed by atoms with Gasteiger partial charge in [0, 0.05) is 43.8 Å². The second-order valence-electron chi connectivity index (χ2n) is 7.25. The third-order valence-electron chi connectivity index (χ3n) is 5.26. The molecule has 28 heavy (non-hydrogen) atoms. The fourth-order valence-electron chi connectivity index (χ4n) is 3.78. The van der Waals surface area contributed by atoms with Crippen molar-refractivity contribution in [2.24, 2.45) is 0 Å². The van der Waals surface area contributed by atoms with E-state index in [9.17, 15) is 4.79 Å². The molecule has 0 saturated carbocycles. The van der Waals surface area contributed by atoms with Crippen molar-refractivity contribution in [1.82, 2.24) is 9.80 Å². The first kappa shape index (κ1) is 21.4. The Kier molecular flexibility index (Phi) is 8.00. The number of hydrogen-bond acceptors (Lipinski definition) is 5. The summed E-state index contributed by atoms with van der Waals surface area (Å²) in [6, 6.07) is 3.82. The molecule has 1 atom stereocenters. The van der Waals surface area contributed by atoms with E-state index < -0.39 is 0 Å². The maximum atomic E-state index is 12.8. The van der Waals surface area contributed by atoms with Crippen molar-refractivity contribution in [2.75, 3.05) is 52.5 Å². The van der Waals surface area contributed by atoms with Crippen LogP contribution in [-0.4, -0.2) is 74.4 Å². The molecule has 2 aliphatic rings. The van der Waals surface area contributed by atoms with Crippen molar-refractivity contribution in [2.45, 2.75) is 39.2 Å². The van der Waals surface area contributed by atoms with Gasteiger partial charge in [0.05, 0.1) is 25.7 Å². The number of carbonyl (C=O) groups excluding carboxylic acids is 1. The van der Waals surface area contributed by atoms with Crippen LogP contribution < -0.4 is 9.47 Å². The van der Waals surface area contributed by atoms with Gasteiger partial charge in [0.1, 0.15) is 0 Å². The number of benzene rings is 1. The third-order valence-corrected chi connectivity index (χ3v) is 6.00. The molecule has 2 aliphatic heterocycles. The number of halogens is 1. The summed E-state index contributed by atoms with van der Waals surface area (Å²) in [6.45, 7) is 10.3. The minimum Gasteiger partial charge on any atom is -0.490 e. The number of hydrogen-bond donors (Lipinski definition) is 0. The second-order valence-corrected chi connectivity index (χ2v) is 8.10. The number of amides is 1. The van der Waals surface area contributed by atoms with Crippen molar-refractivity contribution < 1.29 is 19.0 Å². The molecule has 2 saturated heterocycles. The van der Waals surface area contributed by atoms with Gasteiger partial charge in [-0.25, -0.2) is 0 Å². The third kappa shape index (κ3) is 5.61. The first-order chi connectivity index (χ1) is 13.6. The normalized spacial score (nSPS) is 20.4. The molecule has 1 amide bonds. The van der Waals surface area contributed by atoms with E-state index in [2.05, 4.69) is 20.8 Å². The molecule has 0 N–H and O–H groups in total. The SMILES string of the molecule is CCOc1cc(Br)c(CC(=O)N2CCN(CC3CCCO3)CC2)cc1OCC. The lowest BCUT2D eigenvalue weighted by Gasteiger charge is -2.35. The first-order valence-corrected chi connectivity index (χ1v) is 11.1. The van der Waals surface area contributed by atoms with E-state index in [1.54, 1.807) is 0 Å².